The molecule has 9 heteroatoms. The Morgan fingerprint density at radius 3 is 2.33 bits per heavy atom. The zero-order valence-corrected chi connectivity index (χ0v) is 24.0. The van der Waals surface area contributed by atoms with Gasteiger partial charge in [0.15, 0.2) is 6.10 Å². The second-order valence-electron chi connectivity index (χ2n) is 10.5. The lowest BCUT2D eigenvalue weighted by Gasteiger charge is -2.34. The minimum Gasteiger partial charge on any atom is -0.477 e. The Labute approximate surface area is 245 Å². The van der Waals surface area contributed by atoms with Crippen molar-refractivity contribution in [2.24, 2.45) is 0 Å². The number of amides is 2. The lowest BCUT2D eigenvalue weighted by Crippen LogP contribution is -2.51. The molecule has 1 N–H and O–H groups in total. The fourth-order valence-corrected chi connectivity index (χ4v) is 7.33. The number of nitrogens with one attached hydrogen (secondary N) is 1. The first-order valence-corrected chi connectivity index (χ1v) is 15.4. The third-order valence-corrected chi connectivity index (χ3v) is 9.59. The van der Waals surface area contributed by atoms with Crippen molar-refractivity contribution in [3.8, 4) is 5.75 Å². The van der Waals surface area contributed by atoms with Crippen LogP contribution in [0.2, 0.25) is 0 Å². The minimum absolute atomic E-state index is 0.0506. The Morgan fingerprint density at radius 1 is 0.881 bits per heavy atom. The summed E-state index contributed by atoms with van der Waals surface area (Å²) < 4.78 is 34.4. The van der Waals surface area contributed by atoms with Crippen LogP contribution in [-0.2, 0) is 27.7 Å². The number of sulfonamides is 1. The van der Waals surface area contributed by atoms with Crippen molar-refractivity contribution in [2.45, 2.75) is 36.8 Å². The predicted molar refractivity (Wildman–Crippen MR) is 161 cm³/mol. The van der Waals surface area contributed by atoms with Gasteiger partial charge in [-0.2, -0.15) is 0 Å². The van der Waals surface area contributed by atoms with Gasteiger partial charge < -0.3 is 15.0 Å². The molecule has 0 saturated carbocycles. The fourth-order valence-electron chi connectivity index (χ4n) is 5.62. The van der Waals surface area contributed by atoms with Crippen molar-refractivity contribution in [3.05, 3.63) is 120 Å². The van der Waals surface area contributed by atoms with Crippen LogP contribution in [0.15, 0.2) is 108 Å². The molecule has 0 aliphatic carbocycles. The van der Waals surface area contributed by atoms with Crippen LogP contribution in [0.5, 0.6) is 5.75 Å². The molecule has 2 atom stereocenters. The number of fused-ring (bicyclic) bond motifs is 2. The molecular weight excluding hydrogens is 550 g/mol. The van der Waals surface area contributed by atoms with Gasteiger partial charge in [-0.25, -0.2) is 8.42 Å². The van der Waals surface area contributed by atoms with E-state index in [1.165, 1.54) is 4.31 Å². The van der Waals surface area contributed by atoms with Gasteiger partial charge in [0.2, 0.25) is 0 Å². The highest BCUT2D eigenvalue weighted by Gasteiger charge is 2.38. The second-order valence-corrected chi connectivity index (χ2v) is 12.3. The molecule has 0 bridgehead atoms. The molecule has 0 radical (unpaired) electrons. The molecule has 2 amide bonds. The van der Waals surface area contributed by atoms with Crippen molar-refractivity contribution in [1.29, 1.82) is 0 Å². The summed E-state index contributed by atoms with van der Waals surface area (Å²) in [6.07, 6.45) is 0.290. The monoisotopic (exact) mass is 581 g/mol. The Balaban J connectivity index is 1.22. The highest BCUT2D eigenvalue weighted by atomic mass is 32.2. The van der Waals surface area contributed by atoms with E-state index < -0.39 is 16.1 Å². The molecule has 6 rings (SSSR count). The van der Waals surface area contributed by atoms with Gasteiger partial charge in [0, 0.05) is 18.2 Å². The van der Waals surface area contributed by atoms with Crippen molar-refractivity contribution >= 4 is 33.2 Å². The van der Waals surface area contributed by atoms with Gasteiger partial charge in [-0.3, -0.25) is 13.9 Å². The third kappa shape index (κ3) is 5.23. The summed E-state index contributed by atoms with van der Waals surface area (Å²) in [5.41, 5.74) is 3.47. The van der Waals surface area contributed by atoms with Crippen LogP contribution in [0.1, 0.15) is 28.4 Å². The van der Waals surface area contributed by atoms with Crippen molar-refractivity contribution < 1.29 is 22.7 Å². The zero-order chi connectivity index (χ0) is 29.3. The standard InChI is InChI=1S/C33H31N3O5S/c1-23-20-26-21-25(16-17-28(26)36(23)42(39,40)27-12-6-3-7-13-27)33(38)35-22-31(41-30-15-9-8-14-29(30)35)32(37)34-19-18-24-10-4-2-5-11-24/h2-17,21,23,31H,18-20,22H2,1H3,(H,34,37)/t23-,31+/m0/s1. The number of nitrogens with zero attached hydrogens (tertiary/aromatic N) is 2. The number of para-hydroxylation sites is 2. The second kappa shape index (κ2) is 11.3. The summed E-state index contributed by atoms with van der Waals surface area (Å²) in [5.74, 6) is -0.120. The lowest BCUT2D eigenvalue weighted by molar-refractivity contribution is -0.127. The molecule has 2 aliphatic rings. The van der Waals surface area contributed by atoms with E-state index in [-0.39, 0.29) is 29.3 Å². The van der Waals surface area contributed by atoms with Crippen LogP contribution in [0.25, 0.3) is 0 Å². The molecule has 2 aliphatic heterocycles. The smallest absolute Gasteiger partial charge is 0.264 e. The summed E-state index contributed by atoms with van der Waals surface area (Å²) in [5, 5.41) is 2.94. The summed E-state index contributed by atoms with van der Waals surface area (Å²) in [6, 6.07) is 30.2. The van der Waals surface area contributed by atoms with Gasteiger partial charge in [0.25, 0.3) is 21.8 Å². The van der Waals surface area contributed by atoms with Crippen molar-refractivity contribution in [3.63, 3.8) is 0 Å². The van der Waals surface area contributed by atoms with E-state index in [0.717, 1.165) is 11.1 Å². The molecule has 214 valence electrons. The quantitative estimate of drug-likeness (QED) is 0.344. The van der Waals surface area contributed by atoms with E-state index in [0.29, 0.717) is 42.1 Å². The van der Waals surface area contributed by atoms with Crippen molar-refractivity contribution in [1.82, 2.24) is 5.32 Å². The number of hydrogen-bond donors (Lipinski definition) is 1. The Kier molecular flexibility index (Phi) is 7.43. The maximum atomic E-state index is 13.9. The fraction of sp³-hybridized carbons (Fsp3) is 0.212. The Bertz CT molecular complexity index is 1730. The number of rotatable bonds is 7. The van der Waals surface area contributed by atoms with E-state index in [2.05, 4.69) is 5.32 Å². The van der Waals surface area contributed by atoms with Gasteiger partial charge in [-0.1, -0.05) is 60.7 Å². The van der Waals surface area contributed by atoms with Crippen molar-refractivity contribution in [2.75, 3.05) is 22.3 Å². The molecule has 2 heterocycles. The van der Waals surface area contributed by atoms with Gasteiger partial charge in [-0.05, 0) is 73.4 Å². The molecule has 0 aromatic heterocycles. The summed E-state index contributed by atoms with van der Waals surface area (Å²) in [4.78, 5) is 28.8. The number of ether oxygens (including phenoxy) is 1. The summed E-state index contributed by atoms with van der Waals surface area (Å²) >= 11 is 0. The first kappa shape index (κ1) is 27.5. The topological polar surface area (TPSA) is 96.0 Å². The molecule has 42 heavy (non-hydrogen) atoms. The predicted octanol–water partition coefficient (Wildman–Crippen LogP) is 4.59. The van der Waals surface area contributed by atoms with Crippen LogP contribution in [0.3, 0.4) is 0 Å². The molecule has 0 spiro atoms. The van der Waals surface area contributed by atoms with Crippen LogP contribution >= 0.6 is 0 Å². The van der Waals surface area contributed by atoms with Crippen LogP contribution in [0, 0.1) is 0 Å². The van der Waals surface area contributed by atoms with Gasteiger partial charge in [-0.15, -0.1) is 0 Å². The maximum Gasteiger partial charge on any atom is 0.264 e. The highest BCUT2D eigenvalue weighted by Crippen LogP contribution is 2.39. The highest BCUT2D eigenvalue weighted by molar-refractivity contribution is 7.92. The Hall–Kier alpha value is -4.63. The van der Waals surface area contributed by atoms with E-state index in [1.807, 2.05) is 43.3 Å². The normalized spacial score (nSPS) is 17.6. The molecule has 0 saturated heterocycles. The SMILES string of the molecule is C[C@H]1Cc2cc(C(=O)N3C[C@H](C(=O)NCCc4ccccc4)Oc4ccccc43)ccc2N1S(=O)(=O)c1ccccc1. The Morgan fingerprint density at radius 2 is 1.57 bits per heavy atom. The summed E-state index contributed by atoms with van der Waals surface area (Å²) in [7, 11) is -3.76. The van der Waals surface area contributed by atoms with E-state index >= 15 is 0 Å². The molecule has 8 nitrogen and oxygen atoms in total. The first-order chi connectivity index (χ1) is 20.3. The average Bonchev–Trinajstić information content (AvgIpc) is 3.36. The molecule has 4 aromatic rings. The van der Waals surface area contributed by atoms with E-state index in [9.17, 15) is 18.0 Å². The number of hydrogen-bond acceptors (Lipinski definition) is 5. The largest absolute Gasteiger partial charge is 0.477 e. The van der Waals surface area contributed by atoms with Crippen LogP contribution < -0.4 is 19.3 Å². The third-order valence-electron chi connectivity index (χ3n) is 7.65. The maximum absolute atomic E-state index is 13.9. The van der Waals surface area contributed by atoms with Gasteiger partial charge in [0.1, 0.15) is 5.75 Å². The van der Waals surface area contributed by atoms with E-state index in [1.54, 1.807) is 71.6 Å². The zero-order valence-electron chi connectivity index (χ0n) is 23.1. The number of carbonyl (C=O) groups is 2. The first-order valence-electron chi connectivity index (χ1n) is 13.9. The molecular formula is C33H31N3O5S. The molecule has 0 fully saturated rings. The van der Waals surface area contributed by atoms with E-state index in [4.69, 9.17) is 4.74 Å². The molecule has 0 unspecified atom stereocenters. The number of anilines is 2. The lowest BCUT2D eigenvalue weighted by atomic mass is 10.0. The van der Waals surface area contributed by atoms with Gasteiger partial charge in [0.05, 0.1) is 22.8 Å². The minimum atomic E-state index is -3.76. The number of carbonyl (C=O) groups excluding carboxylic acids is 2. The van der Waals surface area contributed by atoms with Gasteiger partial charge >= 0.3 is 0 Å². The summed E-state index contributed by atoms with van der Waals surface area (Å²) in [6.45, 7) is 2.36. The van der Waals surface area contributed by atoms with Crippen LogP contribution in [0.4, 0.5) is 11.4 Å². The molecule has 4 aromatic carbocycles. The number of benzene rings is 4. The average molecular weight is 582 g/mol. The van der Waals surface area contributed by atoms with Crippen LogP contribution in [-0.4, -0.2) is 45.5 Å².